The van der Waals surface area contributed by atoms with Crippen LogP contribution in [0.3, 0.4) is 0 Å². The lowest BCUT2D eigenvalue weighted by Crippen LogP contribution is -2.24. The van der Waals surface area contributed by atoms with Gasteiger partial charge in [-0.3, -0.25) is 9.59 Å². The lowest BCUT2D eigenvalue weighted by Gasteiger charge is -2.13. The van der Waals surface area contributed by atoms with Gasteiger partial charge in [-0.25, -0.2) is 4.68 Å². The van der Waals surface area contributed by atoms with Crippen LogP contribution in [-0.4, -0.2) is 28.7 Å². The van der Waals surface area contributed by atoms with Gasteiger partial charge in [0.05, 0.1) is 24.9 Å². The Balaban J connectivity index is 1.61. The van der Waals surface area contributed by atoms with E-state index < -0.39 is 6.04 Å². The molecule has 7 nitrogen and oxygen atoms in total. The number of methoxy groups -OCH3 is 1. The van der Waals surface area contributed by atoms with Crippen molar-refractivity contribution in [2.75, 3.05) is 17.7 Å². The topological polar surface area (TPSA) is 85.2 Å². The first-order valence-electron chi connectivity index (χ1n) is 9.62. The van der Waals surface area contributed by atoms with Crippen molar-refractivity contribution in [2.45, 2.75) is 25.8 Å². The van der Waals surface area contributed by atoms with Gasteiger partial charge in [0.2, 0.25) is 5.91 Å². The third kappa shape index (κ3) is 3.64. The van der Waals surface area contributed by atoms with E-state index in [9.17, 15) is 9.59 Å². The van der Waals surface area contributed by atoms with Crippen LogP contribution in [0.1, 0.15) is 25.1 Å². The van der Waals surface area contributed by atoms with E-state index in [2.05, 4.69) is 15.7 Å². The number of nitrogens with one attached hydrogen (secondary N) is 2. The Kier molecular flexibility index (Phi) is 5.46. The van der Waals surface area contributed by atoms with Crippen LogP contribution in [-0.2, 0) is 16.0 Å². The van der Waals surface area contributed by atoms with E-state index in [1.165, 1.54) is 7.11 Å². The molecule has 8 heteroatoms. The summed E-state index contributed by atoms with van der Waals surface area (Å²) in [5.41, 5.74) is 3.20. The first-order chi connectivity index (χ1) is 14.5. The summed E-state index contributed by atoms with van der Waals surface area (Å²) >= 11 is 6.03. The van der Waals surface area contributed by atoms with Gasteiger partial charge in [0.15, 0.2) is 0 Å². The van der Waals surface area contributed by atoms with Crippen LogP contribution in [0, 0.1) is 0 Å². The normalized spacial score (nSPS) is 14.9. The molecule has 1 aromatic heterocycles. The molecular weight excluding hydrogens is 404 g/mol. The number of nitrogens with zero attached hydrogens (tertiary/aromatic N) is 2. The predicted molar refractivity (Wildman–Crippen MR) is 116 cm³/mol. The molecule has 0 saturated carbocycles. The monoisotopic (exact) mass is 424 g/mol. The van der Waals surface area contributed by atoms with Gasteiger partial charge in [-0.2, -0.15) is 5.10 Å². The van der Waals surface area contributed by atoms with Crippen molar-refractivity contribution in [1.29, 1.82) is 0 Å². The van der Waals surface area contributed by atoms with Crippen LogP contribution in [0.2, 0.25) is 5.02 Å². The van der Waals surface area contributed by atoms with E-state index in [0.29, 0.717) is 28.7 Å². The molecule has 3 aromatic rings. The molecule has 0 bridgehead atoms. The van der Waals surface area contributed by atoms with Crippen molar-refractivity contribution in [1.82, 2.24) is 9.78 Å². The van der Waals surface area contributed by atoms with Crippen LogP contribution in [0.5, 0.6) is 5.75 Å². The van der Waals surface area contributed by atoms with E-state index in [-0.39, 0.29) is 18.2 Å². The zero-order valence-corrected chi connectivity index (χ0v) is 17.4. The Morgan fingerprint density at radius 1 is 1.27 bits per heavy atom. The lowest BCUT2D eigenvalue weighted by molar-refractivity contribution is -0.123. The van der Waals surface area contributed by atoms with Crippen LogP contribution in [0.15, 0.2) is 48.5 Å². The SMILES string of the molecule is CCc1nn2c(c1-c1ccccc1)NC(=O)C2CC(=O)Nc1cc(Cl)ccc1OC. The molecule has 4 rings (SSSR count). The average Bonchev–Trinajstić information content (AvgIpc) is 3.24. The van der Waals surface area contributed by atoms with Gasteiger partial charge in [-0.1, -0.05) is 48.9 Å². The van der Waals surface area contributed by atoms with Gasteiger partial charge in [-0.15, -0.1) is 0 Å². The minimum Gasteiger partial charge on any atom is -0.495 e. The van der Waals surface area contributed by atoms with Gasteiger partial charge >= 0.3 is 0 Å². The molecule has 0 spiro atoms. The van der Waals surface area contributed by atoms with E-state index in [4.69, 9.17) is 16.3 Å². The van der Waals surface area contributed by atoms with Crippen LogP contribution in [0.4, 0.5) is 11.5 Å². The van der Waals surface area contributed by atoms with Crippen molar-refractivity contribution in [3.8, 4) is 16.9 Å². The predicted octanol–water partition coefficient (Wildman–Crippen LogP) is 4.30. The van der Waals surface area contributed by atoms with Gasteiger partial charge in [0.1, 0.15) is 17.6 Å². The van der Waals surface area contributed by atoms with Crippen LogP contribution in [0.25, 0.3) is 11.1 Å². The number of rotatable bonds is 6. The number of aromatic nitrogens is 2. The number of ether oxygens (including phenoxy) is 1. The summed E-state index contributed by atoms with van der Waals surface area (Å²) < 4.78 is 6.88. The fraction of sp³-hybridized carbons (Fsp3) is 0.227. The maximum Gasteiger partial charge on any atom is 0.251 e. The molecule has 1 atom stereocenters. The average molecular weight is 425 g/mol. The number of fused-ring (bicyclic) bond motifs is 1. The van der Waals surface area contributed by atoms with Gasteiger partial charge < -0.3 is 15.4 Å². The number of amides is 2. The van der Waals surface area contributed by atoms with Crippen molar-refractivity contribution in [3.05, 3.63) is 59.2 Å². The van der Waals surface area contributed by atoms with Gasteiger partial charge in [0, 0.05) is 10.6 Å². The Morgan fingerprint density at radius 3 is 2.73 bits per heavy atom. The quantitative estimate of drug-likeness (QED) is 0.618. The fourth-order valence-corrected chi connectivity index (χ4v) is 3.80. The van der Waals surface area contributed by atoms with Crippen molar-refractivity contribution in [2.24, 2.45) is 0 Å². The van der Waals surface area contributed by atoms with Gasteiger partial charge in [-0.05, 0) is 30.2 Å². The van der Waals surface area contributed by atoms with Crippen molar-refractivity contribution in [3.63, 3.8) is 0 Å². The Hall–Kier alpha value is -3.32. The zero-order chi connectivity index (χ0) is 21.3. The number of benzene rings is 2. The Bertz CT molecular complexity index is 1110. The third-order valence-corrected chi connectivity index (χ3v) is 5.27. The van der Waals surface area contributed by atoms with Crippen molar-refractivity contribution < 1.29 is 14.3 Å². The zero-order valence-electron chi connectivity index (χ0n) is 16.6. The standard InChI is InChI=1S/C22H21ClN4O3/c1-3-15-20(13-7-5-4-6-8-13)21-25-22(29)17(27(21)26-15)12-19(28)24-16-11-14(23)9-10-18(16)30-2/h4-11,17H,3,12H2,1-2H3,(H,24,28)(H,25,29). The first kappa shape index (κ1) is 20.0. The molecular formula is C22H21ClN4O3. The Morgan fingerprint density at radius 2 is 2.03 bits per heavy atom. The first-order valence-corrected chi connectivity index (χ1v) is 10.0. The molecule has 0 fully saturated rings. The number of anilines is 2. The summed E-state index contributed by atoms with van der Waals surface area (Å²) in [5, 5.41) is 10.8. The molecule has 2 amide bonds. The number of hydrogen-bond donors (Lipinski definition) is 2. The second-order valence-electron chi connectivity index (χ2n) is 6.94. The van der Waals surface area contributed by atoms with Crippen molar-refractivity contribution >= 4 is 34.9 Å². The summed E-state index contributed by atoms with van der Waals surface area (Å²) in [7, 11) is 1.51. The second-order valence-corrected chi connectivity index (χ2v) is 7.37. The molecule has 2 N–H and O–H groups in total. The molecule has 1 unspecified atom stereocenters. The number of carbonyl (C=O) groups excluding carboxylic acids is 2. The van der Waals surface area contributed by atoms with Crippen LogP contribution >= 0.6 is 11.6 Å². The summed E-state index contributed by atoms with van der Waals surface area (Å²) in [6, 6.07) is 14.0. The smallest absolute Gasteiger partial charge is 0.251 e. The van der Waals surface area contributed by atoms with E-state index in [0.717, 1.165) is 16.8 Å². The van der Waals surface area contributed by atoms with E-state index >= 15 is 0 Å². The highest BCUT2D eigenvalue weighted by molar-refractivity contribution is 6.31. The minimum absolute atomic E-state index is 0.0619. The molecule has 154 valence electrons. The van der Waals surface area contributed by atoms with E-state index in [1.54, 1.807) is 22.9 Å². The molecule has 0 aliphatic carbocycles. The molecule has 0 saturated heterocycles. The maximum absolute atomic E-state index is 12.7. The number of aryl methyl sites for hydroxylation is 1. The third-order valence-electron chi connectivity index (χ3n) is 5.03. The largest absolute Gasteiger partial charge is 0.495 e. The highest BCUT2D eigenvalue weighted by atomic mass is 35.5. The molecule has 30 heavy (non-hydrogen) atoms. The highest BCUT2D eigenvalue weighted by Crippen LogP contribution is 2.39. The summed E-state index contributed by atoms with van der Waals surface area (Å²) in [5.74, 6) is 0.521. The summed E-state index contributed by atoms with van der Waals surface area (Å²) in [6.07, 6.45) is 0.645. The van der Waals surface area contributed by atoms with Crippen LogP contribution < -0.4 is 15.4 Å². The van der Waals surface area contributed by atoms with E-state index in [1.807, 2.05) is 37.3 Å². The molecule has 1 aliphatic rings. The number of hydrogen-bond acceptors (Lipinski definition) is 4. The highest BCUT2D eigenvalue weighted by Gasteiger charge is 2.36. The number of carbonyl (C=O) groups is 2. The summed E-state index contributed by atoms with van der Waals surface area (Å²) in [6.45, 7) is 2.01. The lowest BCUT2D eigenvalue weighted by atomic mass is 10.0. The second kappa shape index (κ2) is 8.20. The molecule has 2 aromatic carbocycles. The minimum atomic E-state index is -0.729. The molecule has 2 heterocycles. The van der Waals surface area contributed by atoms with Gasteiger partial charge in [0.25, 0.3) is 5.91 Å². The fourth-order valence-electron chi connectivity index (χ4n) is 3.63. The maximum atomic E-state index is 12.7. The number of halogens is 1. The summed E-state index contributed by atoms with van der Waals surface area (Å²) in [4.78, 5) is 25.3. The Labute approximate surface area is 179 Å². The molecule has 0 radical (unpaired) electrons. The molecule has 1 aliphatic heterocycles.